The van der Waals surface area contributed by atoms with Crippen LogP contribution in [0.15, 0.2) is 35.3 Å². The quantitative estimate of drug-likeness (QED) is 0.637. The lowest BCUT2D eigenvalue weighted by molar-refractivity contribution is -0.384. The molecule has 0 aliphatic rings. The van der Waals surface area contributed by atoms with Gasteiger partial charge in [0, 0.05) is 26.2 Å². The van der Waals surface area contributed by atoms with E-state index in [0.717, 1.165) is 4.68 Å². The van der Waals surface area contributed by atoms with Crippen molar-refractivity contribution >= 4 is 28.9 Å². The summed E-state index contributed by atoms with van der Waals surface area (Å²) in [5.74, 6) is -0.185. The third kappa shape index (κ3) is 3.94. The molecule has 2 rings (SSSR count). The third-order valence-corrected chi connectivity index (χ3v) is 3.77. The average molecular weight is 366 g/mol. The van der Waals surface area contributed by atoms with Crippen molar-refractivity contribution in [2.24, 2.45) is 0 Å². The van der Waals surface area contributed by atoms with Crippen molar-refractivity contribution in [3.8, 4) is 5.69 Å². The molecule has 0 unspecified atom stereocenters. The van der Waals surface area contributed by atoms with Crippen molar-refractivity contribution in [3.05, 3.63) is 56.0 Å². The molecule has 25 heavy (non-hydrogen) atoms. The predicted octanol–water partition coefficient (Wildman–Crippen LogP) is 1.68. The molecule has 1 atom stereocenters. The molecular formula is C15H16ClN5O4. The van der Waals surface area contributed by atoms with E-state index < -0.39 is 16.5 Å². The van der Waals surface area contributed by atoms with Gasteiger partial charge < -0.3 is 10.2 Å². The van der Waals surface area contributed by atoms with Gasteiger partial charge in [0.15, 0.2) is 0 Å². The summed E-state index contributed by atoms with van der Waals surface area (Å²) in [7, 11) is 3.24. The highest BCUT2D eigenvalue weighted by molar-refractivity contribution is 6.33. The molecule has 1 N–H and O–H groups in total. The zero-order valence-electron chi connectivity index (χ0n) is 13.8. The van der Waals surface area contributed by atoms with E-state index in [1.165, 1.54) is 35.4 Å². The number of aromatic nitrogens is 2. The maximum atomic E-state index is 12.4. The Labute approximate surface area is 148 Å². The van der Waals surface area contributed by atoms with E-state index >= 15 is 0 Å². The number of halogens is 1. The Hall–Kier alpha value is -2.94. The Morgan fingerprint density at radius 1 is 1.36 bits per heavy atom. The molecule has 0 radical (unpaired) electrons. The van der Waals surface area contributed by atoms with Crippen LogP contribution in [0.5, 0.6) is 0 Å². The lowest BCUT2D eigenvalue weighted by atomic mass is 10.2. The summed E-state index contributed by atoms with van der Waals surface area (Å²) in [6, 6.07) is 4.73. The van der Waals surface area contributed by atoms with Gasteiger partial charge in [0.1, 0.15) is 11.1 Å². The van der Waals surface area contributed by atoms with Gasteiger partial charge in [0.25, 0.3) is 11.2 Å². The number of likely N-dealkylation sites (N-methyl/N-ethyl adjacent to an activating group) is 1. The first-order valence-corrected chi connectivity index (χ1v) is 7.60. The average Bonchev–Trinajstić information content (AvgIpc) is 2.58. The first-order valence-electron chi connectivity index (χ1n) is 7.22. The number of benzene rings is 1. The van der Waals surface area contributed by atoms with Crippen LogP contribution < -0.4 is 10.9 Å². The minimum atomic E-state index is -0.606. The number of nitrogens with one attached hydrogen (secondary N) is 1. The Kier molecular flexibility index (Phi) is 5.38. The van der Waals surface area contributed by atoms with Crippen LogP contribution in [-0.2, 0) is 4.79 Å². The van der Waals surface area contributed by atoms with Gasteiger partial charge in [-0.3, -0.25) is 19.7 Å². The Morgan fingerprint density at radius 2 is 1.96 bits per heavy atom. The molecule has 0 aliphatic heterocycles. The second-order valence-corrected chi connectivity index (χ2v) is 5.84. The molecule has 1 aromatic carbocycles. The minimum Gasteiger partial charge on any atom is -0.371 e. The Bertz CT molecular complexity index is 863. The summed E-state index contributed by atoms with van der Waals surface area (Å²) >= 11 is 6.09. The van der Waals surface area contributed by atoms with Gasteiger partial charge in [-0.05, 0) is 19.1 Å². The molecule has 0 saturated heterocycles. The summed E-state index contributed by atoms with van der Waals surface area (Å²) in [5, 5.41) is 17.4. The van der Waals surface area contributed by atoms with Gasteiger partial charge in [0.2, 0.25) is 5.91 Å². The number of amides is 1. The molecule has 9 nitrogen and oxygen atoms in total. The van der Waals surface area contributed by atoms with E-state index in [4.69, 9.17) is 11.6 Å². The molecule has 0 saturated carbocycles. The molecule has 1 heterocycles. The van der Waals surface area contributed by atoms with Gasteiger partial charge in [-0.2, -0.15) is 9.78 Å². The maximum absolute atomic E-state index is 12.4. The normalized spacial score (nSPS) is 11.7. The number of hydrogen-bond acceptors (Lipinski definition) is 6. The molecule has 2 aromatic rings. The van der Waals surface area contributed by atoms with Crippen molar-refractivity contribution in [2.75, 3.05) is 19.4 Å². The number of carbonyl (C=O) groups is 1. The van der Waals surface area contributed by atoms with Crippen LogP contribution in [0.25, 0.3) is 5.69 Å². The van der Waals surface area contributed by atoms with Gasteiger partial charge in [0.05, 0.1) is 22.5 Å². The largest absolute Gasteiger partial charge is 0.371 e. The number of nitro groups is 1. The zero-order chi connectivity index (χ0) is 18.7. The van der Waals surface area contributed by atoms with E-state index in [1.807, 2.05) is 0 Å². The summed E-state index contributed by atoms with van der Waals surface area (Å²) in [4.78, 5) is 35.8. The number of anilines is 1. The third-order valence-electron chi connectivity index (χ3n) is 3.41. The molecule has 132 valence electrons. The monoisotopic (exact) mass is 365 g/mol. The van der Waals surface area contributed by atoms with E-state index in [9.17, 15) is 19.7 Å². The van der Waals surface area contributed by atoms with E-state index in [-0.39, 0.29) is 22.3 Å². The van der Waals surface area contributed by atoms with Crippen LogP contribution in [0.2, 0.25) is 5.02 Å². The fraction of sp³-hybridized carbons (Fsp3) is 0.267. The molecular weight excluding hydrogens is 350 g/mol. The molecule has 1 aromatic heterocycles. The molecule has 0 spiro atoms. The van der Waals surface area contributed by atoms with Crippen LogP contribution in [-0.4, -0.2) is 45.6 Å². The van der Waals surface area contributed by atoms with E-state index in [1.54, 1.807) is 21.0 Å². The molecule has 0 bridgehead atoms. The van der Waals surface area contributed by atoms with Gasteiger partial charge in [-0.25, -0.2) is 0 Å². The highest BCUT2D eigenvalue weighted by atomic mass is 35.5. The van der Waals surface area contributed by atoms with Crippen LogP contribution in [0, 0.1) is 10.1 Å². The summed E-state index contributed by atoms with van der Waals surface area (Å²) in [6.45, 7) is 1.64. The lowest BCUT2D eigenvalue weighted by Gasteiger charge is -2.19. The number of rotatable bonds is 5. The van der Waals surface area contributed by atoms with Crippen LogP contribution >= 0.6 is 11.6 Å². The summed E-state index contributed by atoms with van der Waals surface area (Å²) in [6.07, 6.45) is 1.32. The minimum absolute atomic E-state index is 0.0998. The lowest BCUT2D eigenvalue weighted by Crippen LogP contribution is -2.37. The smallest absolute Gasteiger partial charge is 0.292 e. The number of nitrogens with zero attached hydrogens (tertiary/aromatic N) is 4. The van der Waals surface area contributed by atoms with Gasteiger partial charge in [-0.1, -0.05) is 11.6 Å². The number of non-ortho nitro benzene ring substituents is 1. The summed E-state index contributed by atoms with van der Waals surface area (Å²) in [5.41, 5.74) is -0.142. The second-order valence-electron chi connectivity index (χ2n) is 5.46. The predicted molar refractivity (Wildman–Crippen MR) is 93.3 cm³/mol. The topological polar surface area (TPSA) is 110 Å². The number of hydrogen-bond donors (Lipinski definition) is 1. The standard InChI is InChI=1S/C15H16ClN5O4/c1-9(14(22)19(2)3)18-12-8-17-20(15(23)13(12)16)10-4-6-11(7-5-10)21(24)25/h4-9,18H,1-3H3/t9-/m0/s1. The van der Waals surface area contributed by atoms with Crippen LogP contribution in [0.4, 0.5) is 11.4 Å². The van der Waals surface area contributed by atoms with Gasteiger partial charge in [-0.15, -0.1) is 0 Å². The van der Waals surface area contributed by atoms with E-state index in [2.05, 4.69) is 10.4 Å². The fourth-order valence-corrected chi connectivity index (χ4v) is 2.30. The SMILES string of the molecule is C[C@H](Nc1cnn(-c2ccc([N+](=O)[O-])cc2)c(=O)c1Cl)C(=O)N(C)C. The Balaban J connectivity index is 2.33. The van der Waals surface area contributed by atoms with Crippen molar-refractivity contribution in [1.82, 2.24) is 14.7 Å². The first kappa shape index (κ1) is 18.4. The van der Waals surface area contributed by atoms with Crippen molar-refractivity contribution < 1.29 is 9.72 Å². The number of nitro benzene ring substituents is 1. The number of carbonyl (C=O) groups excluding carboxylic acids is 1. The highest BCUT2D eigenvalue weighted by Crippen LogP contribution is 2.19. The van der Waals surface area contributed by atoms with E-state index in [0.29, 0.717) is 5.69 Å². The summed E-state index contributed by atoms with van der Waals surface area (Å²) < 4.78 is 1.02. The Morgan fingerprint density at radius 3 is 2.48 bits per heavy atom. The van der Waals surface area contributed by atoms with Crippen molar-refractivity contribution in [3.63, 3.8) is 0 Å². The zero-order valence-corrected chi connectivity index (χ0v) is 14.5. The van der Waals surface area contributed by atoms with Crippen molar-refractivity contribution in [1.29, 1.82) is 0 Å². The maximum Gasteiger partial charge on any atom is 0.292 e. The van der Waals surface area contributed by atoms with Crippen molar-refractivity contribution in [2.45, 2.75) is 13.0 Å². The second kappa shape index (κ2) is 7.31. The van der Waals surface area contributed by atoms with Gasteiger partial charge >= 0.3 is 0 Å². The molecule has 10 heteroatoms. The first-order chi connectivity index (χ1) is 11.7. The van der Waals surface area contributed by atoms with Crippen LogP contribution in [0.3, 0.4) is 0 Å². The fourth-order valence-electron chi connectivity index (χ4n) is 2.12. The molecule has 0 fully saturated rings. The molecule has 0 aliphatic carbocycles. The van der Waals surface area contributed by atoms with Crippen LogP contribution in [0.1, 0.15) is 6.92 Å². The highest BCUT2D eigenvalue weighted by Gasteiger charge is 2.18. The molecule has 1 amide bonds.